The molecule has 0 saturated carbocycles. The molecule has 0 unspecified atom stereocenters. The molecule has 0 aromatic heterocycles. The summed E-state index contributed by atoms with van der Waals surface area (Å²) in [6.45, 7) is 4.53. The third-order valence-corrected chi connectivity index (χ3v) is 10.4. The van der Waals surface area contributed by atoms with Crippen molar-refractivity contribution >= 4 is 15.9 Å². The first kappa shape index (κ1) is 50.6. The summed E-state index contributed by atoms with van der Waals surface area (Å²) in [7, 11) is -8.01. The van der Waals surface area contributed by atoms with Gasteiger partial charge in [-0.3, -0.25) is 0 Å². The Morgan fingerprint density at radius 1 is 0.311 bits per heavy atom. The Morgan fingerprint density at radius 3 is 0.667 bits per heavy atom. The summed E-state index contributed by atoms with van der Waals surface area (Å²) in [6.07, 6.45) is 40.6. The second-order valence-corrected chi connectivity index (χ2v) is 16.8. The van der Waals surface area contributed by atoms with Gasteiger partial charge in [-0.1, -0.05) is 194 Å². The van der Waals surface area contributed by atoms with E-state index in [1.54, 1.807) is 0 Å². The molecular formula is C36H76O6P2Zn. The molecule has 0 aromatic rings. The molecular weight excluding hydrogens is 656 g/mol. The maximum Gasteiger partial charge on any atom is 2.00 e. The normalized spacial score (nSPS) is 11.7. The standard InChI is InChI=1S/2C18H39O3P.Zn/c2*1-2-3-4-5-6-7-8-9-10-11-12-13-14-15-16-17-18-22(19,20)21;/h2*2-18H2,1H3,(H2,19,20,21);/q;;+2/p-2. The van der Waals surface area contributed by atoms with Gasteiger partial charge >= 0.3 is 19.5 Å². The van der Waals surface area contributed by atoms with Crippen LogP contribution in [0.4, 0.5) is 0 Å². The van der Waals surface area contributed by atoms with Gasteiger partial charge in [0.25, 0.3) is 0 Å². The van der Waals surface area contributed by atoms with Gasteiger partial charge in [0.15, 0.2) is 0 Å². The minimum atomic E-state index is -4.25. The SMILES string of the molecule is CCCCCCCCCCCCCCCCCC[P+]([O-])(O)O.CCCCCCCCCCCCCCCCCC[P+]([O-])([O-])[O-].[Zn+2]. The molecule has 0 amide bonds. The first-order valence-electron chi connectivity index (χ1n) is 19.2. The van der Waals surface area contributed by atoms with Crippen molar-refractivity contribution in [3.63, 3.8) is 0 Å². The molecule has 9 heteroatoms. The number of rotatable bonds is 34. The number of hydrogen-bond donors (Lipinski definition) is 2. The molecule has 0 aromatic carbocycles. The van der Waals surface area contributed by atoms with Gasteiger partial charge in [-0.25, -0.2) is 9.79 Å². The van der Waals surface area contributed by atoms with Crippen LogP contribution in [0.1, 0.15) is 219 Å². The average molecular weight is 732 g/mol. The zero-order valence-electron chi connectivity index (χ0n) is 30.2. The van der Waals surface area contributed by atoms with Crippen molar-refractivity contribution in [2.75, 3.05) is 12.3 Å². The van der Waals surface area contributed by atoms with E-state index >= 15 is 0 Å². The van der Waals surface area contributed by atoms with Crippen LogP contribution >= 0.6 is 15.9 Å². The Balaban J connectivity index is -0.000000767. The second-order valence-electron chi connectivity index (χ2n) is 13.3. The summed E-state index contributed by atoms with van der Waals surface area (Å²) in [5.41, 5.74) is 0. The van der Waals surface area contributed by atoms with E-state index < -0.39 is 15.9 Å². The van der Waals surface area contributed by atoms with E-state index in [9.17, 15) is 19.6 Å². The smallest absolute Gasteiger partial charge is 0.688 e. The Hall–Kier alpha value is 1.24. The molecule has 0 saturated heterocycles. The van der Waals surface area contributed by atoms with Crippen LogP contribution in [0.15, 0.2) is 0 Å². The molecule has 0 spiro atoms. The zero-order chi connectivity index (χ0) is 33.0. The summed E-state index contributed by atoms with van der Waals surface area (Å²) in [5.74, 6) is 0. The van der Waals surface area contributed by atoms with E-state index in [2.05, 4.69) is 13.8 Å². The monoisotopic (exact) mass is 730 g/mol. The first-order valence-corrected chi connectivity index (χ1v) is 22.7. The molecule has 0 aliphatic rings. The molecule has 0 heterocycles. The predicted octanol–water partition coefficient (Wildman–Crippen LogP) is 9.44. The maximum absolute atomic E-state index is 10.7. The summed E-state index contributed by atoms with van der Waals surface area (Å²) < 4.78 is 0. The molecule has 45 heavy (non-hydrogen) atoms. The van der Waals surface area contributed by atoms with Crippen molar-refractivity contribution < 1.29 is 48.8 Å². The minimum Gasteiger partial charge on any atom is -0.688 e. The Bertz CT molecular complexity index is 487. The third-order valence-electron chi connectivity index (χ3n) is 8.59. The second kappa shape index (κ2) is 39.7. The van der Waals surface area contributed by atoms with E-state index in [1.807, 2.05) is 0 Å². The van der Waals surface area contributed by atoms with Crippen molar-refractivity contribution in [2.24, 2.45) is 0 Å². The van der Waals surface area contributed by atoms with E-state index in [0.29, 0.717) is 12.8 Å². The largest absolute Gasteiger partial charge is 2.00 e. The molecule has 0 aliphatic carbocycles. The summed E-state index contributed by atoms with van der Waals surface area (Å²) in [4.78, 5) is 59.5. The van der Waals surface area contributed by atoms with Crippen LogP contribution in [0.5, 0.6) is 0 Å². The Kier molecular flexibility index (Phi) is 44.6. The Morgan fingerprint density at radius 2 is 0.489 bits per heavy atom. The van der Waals surface area contributed by atoms with Crippen LogP contribution in [0, 0.1) is 0 Å². The van der Waals surface area contributed by atoms with Gasteiger partial charge in [0.05, 0.1) is 0 Å². The van der Waals surface area contributed by atoms with E-state index in [4.69, 9.17) is 9.79 Å². The maximum atomic E-state index is 10.7. The van der Waals surface area contributed by atoms with E-state index in [-0.39, 0.29) is 31.8 Å². The van der Waals surface area contributed by atoms with Crippen LogP contribution in [-0.4, -0.2) is 22.1 Å². The van der Waals surface area contributed by atoms with Crippen molar-refractivity contribution in [1.82, 2.24) is 0 Å². The summed E-state index contributed by atoms with van der Waals surface area (Å²) >= 11 is 0. The third kappa shape index (κ3) is 54.9. The number of hydrogen-bond acceptors (Lipinski definition) is 6. The van der Waals surface area contributed by atoms with Gasteiger partial charge in [0, 0.05) is 6.16 Å². The summed E-state index contributed by atoms with van der Waals surface area (Å²) in [6, 6.07) is 0. The molecule has 268 valence electrons. The fourth-order valence-electron chi connectivity index (χ4n) is 5.72. The van der Waals surface area contributed by atoms with Crippen molar-refractivity contribution in [3.05, 3.63) is 0 Å². The summed E-state index contributed by atoms with van der Waals surface area (Å²) in [5, 5.41) is 0. The quantitative estimate of drug-likeness (QED) is 0.0385. The molecule has 0 bridgehead atoms. The molecule has 2 N–H and O–H groups in total. The van der Waals surface area contributed by atoms with Gasteiger partial charge in [-0.05, 0) is 25.7 Å². The number of unbranched alkanes of at least 4 members (excludes halogenated alkanes) is 30. The van der Waals surface area contributed by atoms with Gasteiger partial charge < -0.3 is 19.6 Å². The van der Waals surface area contributed by atoms with Gasteiger partial charge in [0.2, 0.25) is 7.94 Å². The van der Waals surface area contributed by atoms with Crippen molar-refractivity contribution in [3.8, 4) is 0 Å². The van der Waals surface area contributed by atoms with Crippen LogP contribution in [-0.2, 0) is 19.5 Å². The Labute approximate surface area is 295 Å². The van der Waals surface area contributed by atoms with Crippen LogP contribution in [0.2, 0.25) is 0 Å². The zero-order valence-corrected chi connectivity index (χ0v) is 34.9. The molecule has 6 nitrogen and oxygen atoms in total. The molecule has 0 atom stereocenters. The molecule has 0 fully saturated rings. The van der Waals surface area contributed by atoms with E-state index in [0.717, 1.165) is 25.7 Å². The minimum absolute atomic E-state index is 0. The molecule has 0 rings (SSSR count). The van der Waals surface area contributed by atoms with Crippen LogP contribution in [0.25, 0.3) is 0 Å². The fraction of sp³-hybridized carbons (Fsp3) is 1.00. The van der Waals surface area contributed by atoms with Gasteiger partial charge in [0.1, 0.15) is 6.16 Å². The first-order chi connectivity index (χ1) is 21.1. The average Bonchev–Trinajstić information content (AvgIpc) is 2.96. The van der Waals surface area contributed by atoms with Crippen LogP contribution < -0.4 is 19.6 Å². The van der Waals surface area contributed by atoms with Gasteiger partial charge in [-0.2, -0.15) is 7.94 Å². The molecule has 0 aliphatic heterocycles. The van der Waals surface area contributed by atoms with E-state index in [1.165, 1.54) is 167 Å². The topological polar surface area (TPSA) is 133 Å². The fourth-order valence-corrected chi connectivity index (χ4v) is 6.97. The predicted molar refractivity (Wildman–Crippen MR) is 187 cm³/mol. The molecule has 0 radical (unpaired) electrons. The van der Waals surface area contributed by atoms with Crippen LogP contribution in [0.3, 0.4) is 0 Å². The van der Waals surface area contributed by atoms with Crippen molar-refractivity contribution in [2.45, 2.75) is 219 Å². The van der Waals surface area contributed by atoms with Crippen molar-refractivity contribution in [1.29, 1.82) is 0 Å². The van der Waals surface area contributed by atoms with Gasteiger partial charge in [-0.15, -0.1) is 0 Å².